The zero-order valence-electron chi connectivity index (χ0n) is 11.2. The molecular weight excluding hydrogens is 289 g/mol. The van der Waals surface area contributed by atoms with Crippen molar-refractivity contribution >= 4 is 23.5 Å². The van der Waals surface area contributed by atoms with Gasteiger partial charge in [0, 0.05) is 7.05 Å². The van der Waals surface area contributed by atoms with Crippen molar-refractivity contribution in [3.05, 3.63) is 29.0 Å². The van der Waals surface area contributed by atoms with Gasteiger partial charge in [0.15, 0.2) is 6.61 Å². The summed E-state index contributed by atoms with van der Waals surface area (Å²) >= 11 is 5.75. The Morgan fingerprint density at radius 2 is 2.10 bits per heavy atom. The van der Waals surface area contributed by atoms with Crippen molar-refractivity contribution in [2.75, 3.05) is 26.8 Å². The molecule has 0 spiro atoms. The predicted octanol–water partition coefficient (Wildman–Crippen LogP) is 1.88. The number of nitrogens with zero attached hydrogens (tertiary/aromatic N) is 1. The van der Waals surface area contributed by atoms with E-state index in [1.54, 1.807) is 6.92 Å². The van der Waals surface area contributed by atoms with Gasteiger partial charge >= 0.3 is 5.97 Å². The van der Waals surface area contributed by atoms with Crippen LogP contribution in [-0.2, 0) is 14.3 Å². The number of hydrogen-bond acceptors (Lipinski definition) is 4. The molecule has 1 rings (SSSR count). The Kier molecular flexibility index (Phi) is 6.24. The predicted molar refractivity (Wildman–Crippen MR) is 71.2 cm³/mol. The van der Waals surface area contributed by atoms with Crippen molar-refractivity contribution in [1.82, 2.24) is 4.90 Å². The number of halogens is 2. The minimum Gasteiger partial charge on any atom is -0.482 e. The van der Waals surface area contributed by atoms with Crippen LogP contribution in [0, 0.1) is 5.82 Å². The first-order valence-electron chi connectivity index (χ1n) is 5.91. The highest BCUT2D eigenvalue weighted by atomic mass is 35.5. The summed E-state index contributed by atoms with van der Waals surface area (Å²) in [5, 5.41) is 0.0749. The second-order valence-corrected chi connectivity index (χ2v) is 4.33. The number of rotatable bonds is 6. The van der Waals surface area contributed by atoms with E-state index in [4.69, 9.17) is 21.1 Å². The van der Waals surface area contributed by atoms with Crippen LogP contribution < -0.4 is 4.74 Å². The molecule has 1 amide bonds. The van der Waals surface area contributed by atoms with E-state index < -0.39 is 17.7 Å². The van der Waals surface area contributed by atoms with E-state index in [-0.39, 0.29) is 30.5 Å². The van der Waals surface area contributed by atoms with Gasteiger partial charge in [0.25, 0.3) is 5.91 Å². The maximum absolute atomic E-state index is 12.8. The number of carbonyl (C=O) groups excluding carboxylic acids is 2. The van der Waals surface area contributed by atoms with Crippen LogP contribution in [0.1, 0.15) is 6.92 Å². The van der Waals surface area contributed by atoms with Gasteiger partial charge in [-0.25, -0.2) is 4.39 Å². The average molecular weight is 304 g/mol. The van der Waals surface area contributed by atoms with Crippen molar-refractivity contribution in [3.63, 3.8) is 0 Å². The summed E-state index contributed by atoms with van der Waals surface area (Å²) in [7, 11) is 1.45. The molecule has 20 heavy (non-hydrogen) atoms. The molecule has 0 heterocycles. The maximum Gasteiger partial charge on any atom is 0.325 e. The van der Waals surface area contributed by atoms with Gasteiger partial charge in [0.05, 0.1) is 11.6 Å². The molecular formula is C13H15ClFNO4. The van der Waals surface area contributed by atoms with E-state index in [0.717, 1.165) is 6.07 Å². The highest BCUT2D eigenvalue weighted by Crippen LogP contribution is 2.24. The highest BCUT2D eigenvalue weighted by molar-refractivity contribution is 6.32. The summed E-state index contributed by atoms with van der Waals surface area (Å²) in [5.41, 5.74) is 0. The fourth-order valence-electron chi connectivity index (χ4n) is 1.33. The monoisotopic (exact) mass is 303 g/mol. The van der Waals surface area contributed by atoms with Gasteiger partial charge in [-0.2, -0.15) is 0 Å². The third kappa shape index (κ3) is 5.05. The van der Waals surface area contributed by atoms with Gasteiger partial charge in [-0.1, -0.05) is 11.6 Å². The molecule has 0 N–H and O–H groups in total. The fraction of sp³-hybridized carbons (Fsp3) is 0.385. The lowest BCUT2D eigenvalue weighted by atomic mass is 10.3. The van der Waals surface area contributed by atoms with Crippen LogP contribution in [0.2, 0.25) is 5.02 Å². The van der Waals surface area contributed by atoms with E-state index >= 15 is 0 Å². The molecule has 1 aromatic rings. The molecule has 0 aliphatic heterocycles. The zero-order valence-corrected chi connectivity index (χ0v) is 11.9. The quantitative estimate of drug-likeness (QED) is 0.753. The molecule has 0 unspecified atom stereocenters. The largest absolute Gasteiger partial charge is 0.482 e. The Morgan fingerprint density at radius 1 is 1.40 bits per heavy atom. The number of carbonyl (C=O) groups is 2. The number of likely N-dealkylation sites (N-methyl/N-ethyl adjacent to an activating group) is 1. The van der Waals surface area contributed by atoms with Gasteiger partial charge < -0.3 is 14.4 Å². The average Bonchev–Trinajstić information content (AvgIpc) is 2.37. The molecule has 0 aliphatic rings. The maximum atomic E-state index is 12.8. The minimum atomic E-state index is -0.497. The molecule has 0 fully saturated rings. The summed E-state index contributed by atoms with van der Waals surface area (Å²) in [6.07, 6.45) is 0. The Labute approximate surface area is 121 Å². The van der Waals surface area contributed by atoms with Gasteiger partial charge in [-0.3, -0.25) is 9.59 Å². The Morgan fingerprint density at radius 3 is 2.70 bits per heavy atom. The van der Waals surface area contributed by atoms with Crippen molar-refractivity contribution < 1.29 is 23.5 Å². The molecule has 0 aliphatic carbocycles. The fourth-order valence-corrected chi connectivity index (χ4v) is 1.55. The van der Waals surface area contributed by atoms with E-state index in [1.165, 1.54) is 24.1 Å². The van der Waals surface area contributed by atoms with E-state index in [9.17, 15) is 14.0 Å². The third-order valence-corrected chi connectivity index (χ3v) is 2.64. The van der Waals surface area contributed by atoms with Crippen LogP contribution in [0.15, 0.2) is 18.2 Å². The van der Waals surface area contributed by atoms with Crippen LogP contribution in [-0.4, -0.2) is 43.6 Å². The zero-order chi connectivity index (χ0) is 15.1. The lowest BCUT2D eigenvalue weighted by Crippen LogP contribution is -2.36. The first-order chi connectivity index (χ1) is 9.43. The topological polar surface area (TPSA) is 55.8 Å². The molecule has 0 saturated heterocycles. The first-order valence-corrected chi connectivity index (χ1v) is 6.29. The first kappa shape index (κ1) is 16.2. The van der Waals surface area contributed by atoms with Crippen molar-refractivity contribution in [2.45, 2.75) is 6.92 Å². The molecule has 0 aromatic heterocycles. The number of ether oxygens (including phenoxy) is 2. The Balaban J connectivity index is 2.48. The Hall–Kier alpha value is -1.82. The van der Waals surface area contributed by atoms with Crippen LogP contribution in [0.5, 0.6) is 5.75 Å². The van der Waals surface area contributed by atoms with E-state index in [0.29, 0.717) is 0 Å². The summed E-state index contributed by atoms with van der Waals surface area (Å²) in [6.45, 7) is 1.47. The second kappa shape index (κ2) is 7.69. The SMILES string of the molecule is CCOC(=O)CN(C)C(=O)COc1ccc(F)cc1Cl. The summed E-state index contributed by atoms with van der Waals surface area (Å²) in [5.74, 6) is -1.21. The summed E-state index contributed by atoms with van der Waals surface area (Å²) in [6, 6.07) is 3.59. The van der Waals surface area contributed by atoms with Crippen LogP contribution in [0.4, 0.5) is 4.39 Å². The second-order valence-electron chi connectivity index (χ2n) is 3.92. The van der Waals surface area contributed by atoms with Crippen molar-refractivity contribution in [2.24, 2.45) is 0 Å². The molecule has 0 atom stereocenters. The normalized spacial score (nSPS) is 10.0. The van der Waals surface area contributed by atoms with Crippen molar-refractivity contribution in [1.29, 1.82) is 0 Å². The lowest BCUT2D eigenvalue weighted by molar-refractivity contribution is -0.148. The lowest BCUT2D eigenvalue weighted by Gasteiger charge is -2.16. The molecule has 0 radical (unpaired) electrons. The van der Waals surface area contributed by atoms with Gasteiger partial charge in [-0.15, -0.1) is 0 Å². The molecule has 0 saturated carbocycles. The molecule has 110 valence electrons. The number of amides is 1. The van der Waals surface area contributed by atoms with Gasteiger partial charge in [0.2, 0.25) is 0 Å². The molecule has 5 nitrogen and oxygen atoms in total. The molecule has 0 bridgehead atoms. The van der Waals surface area contributed by atoms with Crippen LogP contribution >= 0.6 is 11.6 Å². The third-order valence-electron chi connectivity index (χ3n) is 2.34. The highest BCUT2D eigenvalue weighted by Gasteiger charge is 2.15. The van der Waals surface area contributed by atoms with E-state index in [1.807, 2.05) is 0 Å². The van der Waals surface area contributed by atoms with E-state index in [2.05, 4.69) is 0 Å². The van der Waals surface area contributed by atoms with Crippen molar-refractivity contribution in [3.8, 4) is 5.75 Å². The summed E-state index contributed by atoms with van der Waals surface area (Å²) in [4.78, 5) is 24.1. The van der Waals surface area contributed by atoms with Gasteiger partial charge in [-0.05, 0) is 25.1 Å². The van der Waals surface area contributed by atoms with Gasteiger partial charge in [0.1, 0.15) is 18.1 Å². The molecule has 7 heteroatoms. The number of esters is 1. The minimum absolute atomic E-state index is 0.0749. The standard InChI is InChI=1S/C13H15ClFNO4/c1-3-19-13(18)7-16(2)12(17)8-20-11-5-4-9(15)6-10(11)14/h4-6H,3,7-8H2,1-2H3. The number of benzene rings is 1. The van der Waals surface area contributed by atoms with Crippen LogP contribution in [0.25, 0.3) is 0 Å². The number of hydrogen-bond donors (Lipinski definition) is 0. The van der Waals surface area contributed by atoms with Crippen LogP contribution in [0.3, 0.4) is 0 Å². The summed E-state index contributed by atoms with van der Waals surface area (Å²) < 4.78 is 22.7. The molecule has 1 aromatic carbocycles. The smallest absolute Gasteiger partial charge is 0.325 e. The Bertz CT molecular complexity index is 495.